The fraction of sp³-hybridized carbons (Fsp3) is 0.267. The van der Waals surface area contributed by atoms with E-state index in [2.05, 4.69) is 4.98 Å². The van der Waals surface area contributed by atoms with Crippen molar-refractivity contribution in [3.8, 4) is 11.1 Å². The van der Waals surface area contributed by atoms with E-state index in [1.807, 2.05) is 13.8 Å². The van der Waals surface area contributed by atoms with E-state index in [1.165, 1.54) is 0 Å². The zero-order chi connectivity index (χ0) is 14.5. The van der Waals surface area contributed by atoms with Crippen molar-refractivity contribution in [2.75, 3.05) is 0 Å². The van der Waals surface area contributed by atoms with Gasteiger partial charge >= 0.3 is 6.18 Å². The second-order valence-corrected chi connectivity index (χ2v) is 3.83. The van der Waals surface area contributed by atoms with Gasteiger partial charge in [0.15, 0.2) is 0 Å². The Balaban J connectivity index is 0.000000861. The van der Waals surface area contributed by atoms with E-state index in [1.54, 1.807) is 37.5 Å². The lowest BCUT2D eigenvalue weighted by Gasteiger charge is -2.10. The highest BCUT2D eigenvalue weighted by Crippen LogP contribution is 2.33. The van der Waals surface area contributed by atoms with Gasteiger partial charge in [-0.3, -0.25) is 4.98 Å². The van der Waals surface area contributed by atoms with Gasteiger partial charge in [0.2, 0.25) is 0 Å². The van der Waals surface area contributed by atoms with E-state index in [4.69, 9.17) is 0 Å². The molecule has 2 aromatic rings. The SMILES string of the molecule is CC.Cc1cc(-c2cccnc2)cc(C(F)(F)F)c1. The average Bonchev–Trinajstić information content (AvgIpc) is 2.40. The fourth-order valence-corrected chi connectivity index (χ4v) is 1.65. The van der Waals surface area contributed by atoms with Crippen LogP contribution in [0.2, 0.25) is 0 Å². The lowest BCUT2D eigenvalue weighted by atomic mass is 10.0. The summed E-state index contributed by atoms with van der Waals surface area (Å²) in [5.41, 5.74) is 1.17. The lowest BCUT2D eigenvalue weighted by Crippen LogP contribution is -2.05. The third kappa shape index (κ3) is 4.09. The molecule has 0 spiro atoms. The minimum Gasteiger partial charge on any atom is -0.264 e. The van der Waals surface area contributed by atoms with Gasteiger partial charge < -0.3 is 0 Å². The van der Waals surface area contributed by atoms with Gasteiger partial charge in [-0.05, 0) is 36.2 Å². The largest absolute Gasteiger partial charge is 0.416 e. The van der Waals surface area contributed by atoms with Crippen LogP contribution in [0.1, 0.15) is 25.0 Å². The van der Waals surface area contributed by atoms with Crippen molar-refractivity contribution in [3.05, 3.63) is 53.9 Å². The highest BCUT2D eigenvalue weighted by Gasteiger charge is 2.30. The molecule has 2 rings (SSSR count). The van der Waals surface area contributed by atoms with Crippen molar-refractivity contribution in [3.63, 3.8) is 0 Å². The maximum absolute atomic E-state index is 12.6. The predicted molar refractivity (Wildman–Crippen MR) is 70.8 cm³/mol. The average molecular weight is 267 g/mol. The van der Waals surface area contributed by atoms with E-state index in [0.717, 1.165) is 12.1 Å². The minimum absolute atomic E-state index is 0.533. The number of hydrogen-bond donors (Lipinski definition) is 0. The van der Waals surface area contributed by atoms with Crippen LogP contribution in [0, 0.1) is 6.92 Å². The monoisotopic (exact) mass is 267 g/mol. The van der Waals surface area contributed by atoms with Crippen molar-refractivity contribution in [1.29, 1.82) is 0 Å². The number of aromatic nitrogens is 1. The molecule has 0 saturated heterocycles. The molecule has 0 saturated carbocycles. The highest BCUT2D eigenvalue weighted by atomic mass is 19.4. The van der Waals surface area contributed by atoms with Gasteiger partial charge in [-0.1, -0.05) is 26.0 Å². The summed E-state index contributed by atoms with van der Waals surface area (Å²) in [6.45, 7) is 5.65. The second-order valence-electron chi connectivity index (χ2n) is 3.83. The van der Waals surface area contributed by atoms with Gasteiger partial charge in [-0.15, -0.1) is 0 Å². The summed E-state index contributed by atoms with van der Waals surface area (Å²) in [6, 6.07) is 7.43. The van der Waals surface area contributed by atoms with Crippen LogP contribution in [0.4, 0.5) is 13.2 Å². The normalized spacial score (nSPS) is 10.6. The summed E-state index contributed by atoms with van der Waals surface area (Å²) in [7, 11) is 0. The Kier molecular flexibility index (Phi) is 5.10. The van der Waals surface area contributed by atoms with Crippen molar-refractivity contribution in [2.45, 2.75) is 26.9 Å². The number of halogens is 3. The zero-order valence-corrected chi connectivity index (χ0v) is 11.1. The molecule has 1 aromatic heterocycles. The molecule has 1 aromatic carbocycles. The molecule has 0 atom stereocenters. The number of hydrogen-bond acceptors (Lipinski definition) is 1. The van der Waals surface area contributed by atoms with Gasteiger partial charge in [0.05, 0.1) is 5.56 Å². The first-order valence-corrected chi connectivity index (χ1v) is 6.06. The molecule has 0 amide bonds. The van der Waals surface area contributed by atoms with Gasteiger partial charge in [0.1, 0.15) is 0 Å². The summed E-state index contributed by atoms with van der Waals surface area (Å²) in [6.07, 6.45) is -1.18. The van der Waals surface area contributed by atoms with E-state index in [-0.39, 0.29) is 0 Å². The summed E-state index contributed by atoms with van der Waals surface area (Å²) in [5.74, 6) is 0. The molecule has 0 radical (unpaired) electrons. The van der Waals surface area contributed by atoms with Crippen molar-refractivity contribution in [2.24, 2.45) is 0 Å². The van der Waals surface area contributed by atoms with Crippen LogP contribution in [0.3, 0.4) is 0 Å². The number of rotatable bonds is 1. The van der Waals surface area contributed by atoms with E-state index < -0.39 is 11.7 Å². The highest BCUT2D eigenvalue weighted by molar-refractivity contribution is 5.64. The Labute approximate surface area is 111 Å². The number of nitrogens with zero attached hydrogens (tertiary/aromatic N) is 1. The summed E-state index contributed by atoms with van der Waals surface area (Å²) in [5, 5.41) is 0. The molecular weight excluding hydrogens is 251 g/mol. The molecule has 0 unspecified atom stereocenters. The molecule has 0 aliphatic carbocycles. The molecule has 0 fully saturated rings. The van der Waals surface area contributed by atoms with Crippen LogP contribution in [0.15, 0.2) is 42.7 Å². The van der Waals surface area contributed by atoms with E-state index in [9.17, 15) is 13.2 Å². The molecule has 1 nitrogen and oxygen atoms in total. The Morgan fingerprint density at radius 2 is 1.68 bits per heavy atom. The zero-order valence-electron chi connectivity index (χ0n) is 11.1. The Hall–Kier alpha value is -1.84. The van der Waals surface area contributed by atoms with Gasteiger partial charge in [-0.2, -0.15) is 13.2 Å². The lowest BCUT2D eigenvalue weighted by molar-refractivity contribution is -0.137. The number of alkyl halides is 3. The molecule has 102 valence electrons. The van der Waals surface area contributed by atoms with Crippen LogP contribution in [-0.2, 0) is 6.18 Å². The Bertz CT molecular complexity index is 519. The number of pyridine rings is 1. The molecule has 1 heterocycles. The fourth-order valence-electron chi connectivity index (χ4n) is 1.65. The predicted octanol–water partition coefficient (Wildman–Crippen LogP) is 5.10. The van der Waals surface area contributed by atoms with Gasteiger partial charge in [-0.25, -0.2) is 0 Å². The van der Waals surface area contributed by atoms with Crippen LogP contribution in [0.25, 0.3) is 11.1 Å². The maximum Gasteiger partial charge on any atom is 0.416 e. The Morgan fingerprint density at radius 1 is 1.00 bits per heavy atom. The van der Waals surface area contributed by atoms with Crippen molar-refractivity contribution < 1.29 is 13.2 Å². The minimum atomic E-state index is -4.32. The van der Waals surface area contributed by atoms with Crippen molar-refractivity contribution >= 4 is 0 Å². The summed E-state index contributed by atoms with van der Waals surface area (Å²) >= 11 is 0. The van der Waals surface area contributed by atoms with Crippen LogP contribution in [0.5, 0.6) is 0 Å². The molecule has 0 N–H and O–H groups in total. The first kappa shape index (κ1) is 15.2. The maximum atomic E-state index is 12.6. The third-order valence-corrected chi connectivity index (χ3v) is 2.40. The van der Waals surface area contributed by atoms with Gasteiger partial charge in [0.25, 0.3) is 0 Å². The second kappa shape index (κ2) is 6.36. The topological polar surface area (TPSA) is 12.9 Å². The molecule has 4 heteroatoms. The van der Waals surface area contributed by atoms with Crippen LogP contribution >= 0.6 is 0 Å². The first-order valence-electron chi connectivity index (χ1n) is 6.06. The molecule has 0 aliphatic rings. The standard InChI is InChI=1S/C13H10F3N.C2H6/c1-9-5-11(10-3-2-4-17-8-10)7-12(6-9)13(14,15)16;1-2/h2-8H,1H3;1-2H3. The van der Waals surface area contributed by atoms with Crippen LogP contribution < -0.4 is 0 Å². The number of aryl methyl sites for hydroxylation is 1. The first-order chi connectivity index (χ1) is 8.97. The number of benzene rings is 1. The summed E-state index contributed by atoms with van der Waals surface area (Å²) < 4.78 is 37.9. The molecule has 0 aliphatic heterocycles. The molecule has 19 heavy (non-hydrogen) atoms. The van der Waals surface area contributed by atoms with Crippen molar-refractivity contribution in [1.82, 2.24) is 4.98 Å². The van der Waals surface area contributed by atoms with E-state index >= 15 is 0 Å². The Morgan fingerprint density at radius 3 is 2.21 bits per heavy atom. The third-order valence-electron chi connectivity index (χ3n) is 2.40. The van der Waals surface area contributed by atoms with Crippen LogP contribution in [-0.4, -0.2) is 4.98 Å². The summed E-state index contributed by atoms with van der Waals surface area (Å²) in [4.78, 5) is 3.90. The molecule has 0 bridgehead atoms. The smallest absolute Gasteiger partial charge is 0.264 e. The quantitative estimate of drug-likeness (QED) is 0.700. The molecular formula is C15H16F3N. The van der Waals surface area contributed by atoms with E-state index in [0.29, 0.717) is 16.7 Å². The van der Waals surface area contributed by atoms with Gasteiger partial charge in [0, 0.05) is 18.0 Å².